The molecule has 0 radical (unpaired) electrons. The van der Waals surface area contributed by atoms with Crippen LogP contribution in [0.15, 0.2) is 52.7 Å². The quantitative estimate of drug-likeness (QED) is 0.762. The predicted octanol–water partition coefficient (Wildman–Crippen LogP) is 1.44. The molecule has 0 saturated carbocycles. The minimum absolute atomic E-state index is 0.00114. The number of rotatable bonds is 7. The van der Waals surface area contributed by atoms with Gasteiger partial charge in [0.25, 0.3) is 0 Å². The molecule has 2 atom stereocenters. The summed E-state index contributed by atoms with van der Waals surface area (Å²) in [5, 5.41) is 11.2. The van der Waals surface area contributed by atoms with Crippen LogP contribution in [0.2, 0.25) is 0 Å². The van der Waals surface area contributed by atoms with Crippen molar-refractivity contribution < 1.29 is 13.2 Å². The van der Waals surface area contributed by atoms with E-state index in [1.54, 1.807) is 23.6 Å². The number of thiophene rings is 1. The SMILES string of the molecule is O=C(CN[C@H]1C=CS(=O)(=O)C1)N[C@H](Cc1ccsc1)c1ccccn1. The van der Waals surface area contributed by atoms with Gasteiger partial charge in [0.15, 0.2) is 9.84 Å². The Morgan fingerprint density at radius 1 is 1.36 bits per heavy atom. The van der Waals surface area contributed by atoms with Gasteiger partial charge in [-0.1, -0.05) is 12.1 Å². The van der Waals surface area contributed by atoms with E-state index in [1.165, 1.54) is 5.41 Å². The topological polar surface area (TPSA) is 88.2 Å². The number of nitrogens with one attached hydrogen (secondary N) is 2. The number of hydrogen-bond donors (Lipinski definition) is 2. The highest BCUT2D eigenvalue weighted by molar-refractivity contribution is 7.94. The molecule has 0 fully saturated rings. The van der Waals surface area contributed by atoms with Gasteiger partial charge in [-0.2, -0.15) is 11.3 Å². The van der Waals surface area contributed by atoms with Crippen LogP contribution in [0.25, 0.3) is 0 Å². The van der Waals surface area contributed by atoms with Gasteiger partial charge in [0.1, 0.15) is 0 Å². The van der Waals surface area contributed by atoms with E-state index >= 15 is 0 Å². The molecular formula is C17H19N3O3S2. The Balaban J connectivity index is 1.59. The van der Waals surface area contributed by atoms with E-state index in [2.05, 4.69) is 21.0 Å². The Labute approximate surface area is 150 Å². The molecule has 0 aliphatic carbocycles. The first kappa shape index (κ1) is 17.8. The summed E-state index contributed by atoms with van der Waals surface area (Å²) in [4.78, 5) is 16.6. The Morgan fingerprint density at radius 3 is 2.88 bits per heavy atom. The van der Waals surface area contributed by atoms with Crippen molar-refractivity contribution in [3.8, 4) is 0 Å². The van der Waals surface area contributed by atoms with E-state index in [4.69, 9.17) is 0 Å². The summed E-state index contributed by atoms with van der Waals surface area (Å²) in [6, 6.07) is 7.09. The van der Waals surface area contributed by atoms with Crippen molar-refractivity contribution in [2.24, 2.45) is 0 Å². The number of pyridine rings is 1. The summed E-state index contributed by atoms with van der Waals surface area (Å²) < 4.78 is 22.8. The first-order valence-corrected chi connectivity index (χ1v) is 10.5. The average Bonchev–Trinajstić information content (AvgIpc) is 3.22. The van der Waals surface area contributed by atoms with Crippen LogP contribution < -0.4 is 10.6 Å². The lowest BCUT2D eigenvalue weighted by Gasteiger charge is -2.19. The summed E-state index contributed by atoms with van der Waals surface area (Å²) in [6.07, 6.45) is 3.93. The largest absolute Gasteiger partial charge is 0.346 e. The lowest BCUT2D eigenvalue weighted by atomic mass is 10.1. The van der Waals surface area contributed by atoms with Crippen molar-refractivity contribution >= 4 is 27.1 Å². The molecule has 8 heteroatoms. The summed E-state index contributed by atoms with van der Waals surface area (Å²) in [5.41, 5.74) is 1.93. The highest BCUT2D eigenvalue weighted by Crippen LogP contribution is 2.18. The van der Waals surface area contributed by atoms with Gasteiger partial charge in [-0.15, -0.1) is 0 Å². The smallest absolute Gasteiger partial charge is 0.234 e. The Bertz CT molecular complexity index is 833. The number of nitrogens with zero attached hydrogens (tertiary/aromatic N) is 1. The minimum atomic E-state index is -3.13. The van der Waals surface area contributed by atoms with Gasteiger partial charge in [-0.3, -0.25) is 9.78 Å². The Kier molecular flexibility index (Phi) is 5.62. The zero-order valence-electron chi connectivity index (χ0n) is 13.5. The molecule has 2 N–H and O–H groups in total. The van der Waals surface area contributed by atoms with Crippen molar-refractivity contribution in [1.82, 2.24) is 15.6 Å². The van der Waals surface area contributed by atoms with Gasteiger partial charge in [0, 0.05) is 17.6 Å². The monoisotopic (exact) mass is 377 g/mol. The van der Waals surface area contributed by atoms with Crippen LogP contribution in [0.5, 0.6) is 0 Å². The van der Waals surface area contributed by atoms with Crippen LogP contribution in [-0.4, -0.2) is 37.6 Å². The maximum absolute atomic E-state index is 12.3. The fraction of sp³-hybridized carbons (Fsp3) is 0.294. The number of hydrogen-bond acceptors (Lipinski definition) is 6. The molecule has 0 spiro atoms. The molecular weight excluding hydrogens is 358 g/mol. The number of carbonyl (C=O) groups is 1. The normalized spacial score (nSPS) is 19.6. The molecule has 6 nitrogen and oxygen atoms in total. The zero-order chi connectivity index (χ0) is 17.7. The number of aromatic nitrogens is 1. The van der Waals surface area contributed by atoms with Crippen LogP contribution in [0.4, 0.5) is 0 Å². The molecule has 132 valence electrons. The Hall–Kier alpha value is -2.03. The van der Waals surface area contributed by atoms with E-state index in [0.717, 1.165) is 11.3 Å². The van der Waals surface area contributed by atoms with Crippen LogP contribution in [0.3, 0.4) is 0 Å². The molecule has 2 aromatic heterocycles. The molecule has 0 aromatic carbocycles. The van der Waals surface area contributed by atoms with Crippen molar-refractivity contribution in [1.29, 1.82) is 0 Å². The zero-order valence-corrected chi connectivity index (χ0v) is 15.1. The molecule has 3 rings (SSSR count). The standard InChI is InChI=1S/C17H19N3O3S2/c21-17(10-19-14-5-8-25(22,23)12-14)20-16(9-13-4-7-24-11-13)15-3-1-2-6-18-15/h1-8,11,14,16,19H,9-10,12H2,(H,20,21)/t14-,16+/m0/s1. The van der Waals surface area contributed by atoms with E-state index in [-0.39, 0.29) is 30.3 Å². The lowest BCUT2D eigenvalue weighted by Crippen LogP contribution is -2.41. The van der Waals surface area contributed by atoms with Gasteiger partial charge >= 0.3 is 0 Å². The summed E-state index contributed by atoms with van der Waals surface area (Å²) >= 11 is 1.61. The minimum Gasteiger partial charge on any atom is -0.346 e. The highest BCUT2D eigenvalue weighted by Gasteiger charge is 2.22. The van der Waals surface area contributed by atoms with Crippen LogP contribution >= 0.6 is 11.3 Å². The van der Waals surface area contributed by atoms with Gasteiger partial charge in [-0.25, -0.2) is 8.42 Å². The van der Waals surface area contributed by atoms with Crippen molar-refractivity contribution in [2.45, 2.75) is 18.5 Å². The van der Waals surface area contributed by atoms with Gasteiger partial charge in [0.05, 0.1) is 24.0 Å². The van der Waals surface area contributed by atoms with Crippen LogP contribution in [0.1, 0.15) is 17.3 Å². The van der Waals surface area contributed by atoms with Gasteiger partial charge in [-0.05, 0) is 40.9 Å². The highest BCUT2D eigenvalue weighted by atomic mass is 32.2. The van der Waals surface area contributed by atoms with Crippen molar-refractivity contribution in [3.05, 3.63) is 64.0 Å². The summed E-state index contributed by atoms with van der Waals surface area (Å²) in [7, 11) is -3.13. The molecule has 1 aliphatic heterocycles. The van der Waals surface area contributed by atoms with E-state index < -0.39 is 9.84 Å². The number of sulfone groups is 1. The third-order valence-corrected chi connectivity index (χ3v) is 5.98. The molecule has 1 amide bonds. The molecule has 1 aliphatic rings. The average molecular weight is 377 g/mol. The molecule has 25 heavy (non-hydrogen) atoms. The van der Waals surface area contributed by atoms with E-state index in [0.29, 0.717) is 6.42 Å². The third-order valence-electron chi connectivity index (χ3n) is 3.85. The maximum Gasteiger partial charge on any atom is 0.234 e. The lowest BCUT2D eigenvalue weighted by molar-refractivity contribution is -0.121. The fourth-order valence-corrected chi connectivity index (χ4v) is 4.58. The second-order valence-electron chi connectivity index (χ2n) is 5.86. The summed E-state index contributed by atoms with van der Waals surface area (Å²) in [6.45, 7) is 0.0531. The van der Waals surface area contributed by atoms with E-state index in [1.807, 2.05) is 29.6 Å². The molecule has 0 unspecified atom stereocenters. The predicted molar refractivity (Wildman–Crippen MR) is 97.9 cm³/mol. The van der Waals surface area contributed by atoms with E-state index in [9.17, 15) is 13.2 Å². The van der Waals surface area contributed by atoms with Gasteiger partial charge in [0.2, 0.25) is 5.91 Å². The third kappa shape index (κ3) is 5.22. The van der Waals surface area contributed by atoms with Crippen molar-refractivity contribution in [3.63, 3.8) is 0 Å². The van der Waals surface area contributed by atoms with Crippen LogP contribution in [0, 0.1) is 0 Å². The van der Waals surface area contributed by atoms with Crippen LogP contribution in [-0.2, 0) is 21.1 Å². The Morgan fingerprint density at radius 2 is 2.24 bits per heavy atom. The molecule has 0 bridgehead atoms. The number of amides is 1. The second-order valence-corrected chi connectivity index (χ2v) is 8.57. The molecule has 3 heterocycles. The van der Waals surface area contributed by atoms with Crippen molar-refractivity contribution in [2.75, 3.05) is 12.3 Å². The number of carbonyl (C=O) groups excluding carboxylic acids is 1. The first-order valence-electron chi connectivity index (χ1n) is 7.87. The fourth-order valence-electron chi connectivity index (χ4n) is 2.63. The summed E-state index contributed by atoms with van der Waals surface area (Å²) in [5.74, 6) is -0.192. The molecule has 2 aromatic rings. The first-order chi connectivity index (χ1) is 12.0. The van der Waals surface area contributed by atoms with Gasteiger partial charge < -0.3 is 10.6 Å². The second kappa shape index (κ2) is 7.90. The maximum atomic E-state index is 12.3. The molecule has 0 saturated heterocycles.